The topological polar surface area (TPSA) is 75.7 Å². The second-order valence-electron chi connectivity index (χ2n) is 6.57. The van der Waals surface area contributed by atoms with Crippen molar-refractivity contribution in [1.29, 1.82) is 0 Å². The smallest absolute Gasteiger partial charge is 0.306 e. The molecule has 0 bridgehead atoms. The molecule has 3 rings (SSSR count). The maximum Gasteiger partial charge on any atom is 0.306 e. The number of likely N-dealkylation sites (tertiary alicyclic amines) is 1. The van der Waals surface area contributed by atoms with Crippen LogP contribution in [0.3, 0.4) is 0 Å². The molecule has 24 heavy (non-hydrogen) atoms. The van der Waals surface area contributed by atoms with Crippen molar-refractivity contribution in [1.82, 2.24) is 10.2 Å². The summed E-state index contributed by atoms with van der Waals surface area (Å²) in [5, 5.41) is 4.35. The van der Waals surface area contributed by atoms with Gasteiger partial charge in [-0.2, -0.15) is 0 Å². The van der Waals surface area contributed by atoms with Gasteiger partial charge in [0.25, 0.3) is 11.8 Å². The maximum absolute atomic E-state index is 13.5. The lowest BCUT2D eigenvalue weighted by Gasteiger charge is -2.37. The summed E-state index contributed by atoms with van der Waals surface area (Å²) in [6, 6.07) is 0.955. The molecule has 1 unspecified atom stereocenters. The highest BCUT2D eigenvalue weighted by molar-refractivity contribution is 7.12. The second kappa shape index (κ2) is 6.16. The molecule has 2 aliphatic heterocycles. The molecule has 2 fully saturated rings. The van der Waals surface area contributed by atoms with E-state index in [0.717, 1.165) is 11.3 Å². The van der Waals surface area contributed by atoms with Crippen LogP contribution in [0, 0.1) is 5.82 Å². The number of hydrogen-bond acceptors (Lipinski definition) is 5. The molecule has 0 aromatic carbocycles. The molecular formula is C16H19FN2O4S. The summed E-state index contributed by atoms with van der Waals surface area (Å²) in [7, 11) is 0. The molecule has 2 aliphatic rings. The van der Waals surface area contributed by atoms with Crippen LogP contribution in [-0.2, 0) is 14.3 Å². The average molecular weight is 354 g/mol. The number of nitrogens with zero attached hydrogens (tertiary/aromatic N) is 1. The number of hydrogen-bond donors (Lipinski definition) is 1. The number of halogens is 1. The van der Waals surface area contributed by atoms with E-state index in [0.29, 0.717) is 19.4 Å². The molecule has 0 saturated carbocycles. The van der Waals surface area contributed by atoms with Gasteiger partial charge < -0.3 is 15.0 Å². The third-order valence-corrected chi connectivity index (χ3v) is 5.63. The Kier molecular flexibility index (Phi) is 4.33. The summed E-state index contributed by atoms with van der Waals surface area (Å²) in [4.78, 5) is 37.7. The number of carbonyl (C=O) groups is 3. The lowest BCUT2D eigenvalue weighted by molar-refractivity contribution is -0.154. The van der Waals surface area contributed by atoms with Crippen molar-refractivity contribution in [2.24, 2.45) is 0 Å². The number of carbonyl (C=O) groups excluding carboxylic acids is 3. The monoisotopic (exact) mass is 354 g/mol. The first-order chi connectivity index (χ1) is 11.3. The Morgan fingerprint density at radius 3 is 2.75 bits per heavy atom. The van der Waals surface area contributed by atoms with Crippen LogP contribution in [0.4, 0.5) is 4.39 Å². The third-order valence-electron chi connectivity index (χ3n) is 4.74. The number of thiophene rings is 1. The van der Waals surface area contributed by atoms with Gasteiger partial charge in [-0.1, -0.05) is 0 Å². The van der Waals surface area contributed by atoms with Gasteiger partial charge in [-0.05, 0) is 31.7 Å². The van der Waals surface area contributed by atoms with Crippen LogP contribution >= 0.6 is 11.3 Å². The second-order valence-corrected chi connectivity index (χ2v) is 7.49. The molecule has 3 heterocycles. The molecule has 0 spiro atoms. The van der Waals surface area contributed by atoms with Crippen molar-refractivity contribution in [3.05, 3.63) is 22.1 Å². The van der Waals surface area contributed by atoms with Gasteiger partial charge in [0.05, 0.1) is 11.6 Å². The average Bonchev–Trinajstić information content (AvgIpc) is 3.19. The Balaban J connectivity index is 1.69. The minimum absolute atomic E-state index is 0.0419. The molecule has 8 heteroatoms. The van der Waals surface area contributed by atoms with Gasteiger partial charge in [-0.25, -0.2) is 4.39 Å². The molecule has 2 atom stereocenters. The van der Waals surface area contributed by atoms with Crippen LogP contribution in [-0.4, -0.2) is 46.9 Å². The summed E-state index contributed by atoms with van der Waals surface area (Å²) in [5.41, 5.74) is -0.643. The van der Waals surface area contributed by atoms with Gasteiger partial charge >= 0.3 is 5.97 Å². The molecule has 0 radical (unpaired) electrons. The molecule has 130 valence electrons. The van der Waals surface area contributed by atoms with E-state index < -0.39 is 23.4 Å². The predicted molar refractivity (Wildman–Crippen MR) is 85.1 cm³/mol. The van der Waals surface area contributed by atoms with E-state index in [4.69, 9.17) is 4.74 Å². The molecule has 1 N–H and O–H groups in total. The largest absolute Gasteiger partial charge is 0.452 e. The van der Waals surface area contributed by atoms with E-state index in [2.05, 4.69) is 5.32 Å². The van der Waals surface area contributed by atoms with Gasteiger partial charge in [0.1, 0.15) is 10.7 Å². The first-order valence-corrected chi connectivity index (χ1v) is 8.73. The maximum atomic E-state index is 13.5. The lowest BCUT2D eigenvalue weighted by Crippen LogP contribution is -2.56. The van der Waals surface area contributed by atoms with Crippen LogP contribution < -0.4 is 5.32 Å². The van der Waals surface area contributed by atoms with Gasteiger partial charge in [0.2, 0.25) is 0 Å². The van der Waals surface area contributed by atoms with Crippen LogP contribution in [0.25, 0.3) is 0 Å². The van der Waals surface area contributed by atoms with E-state index in [1.165, 1.54) is 11.4 Å². The summed E-state index contributed by atoms with van der Waals surface area (Å²) >= 11 is 1.04. The standard InChI is InChI=1S/C16H19FN2O4S/c1-16(2)11(18-14(21)13-9(17)6-8-24-13)5-7-19(16)15(22)10-3-4-12(20)23-10/h6,8,10-11H,3-5,7H2,1-2H3,(H,18,21)/t10-,11?/m1/s1. The number of rotatable bonds is 3. The highest BCUT2D eigenvalue weighted by Gasteiger charge is 2.47. The molecule has 1 aromatic heterocycles. The highest BCUT2D eigenvalue weighted by atomic mass is 32.1. The van der Waals surface area contributed by atoms with Crippen molar-refractivity contribution >= 4 is 29.1 Å². The SMILES string of the molecule is CC1(C)C(NC(=O)c2sccc2F)CCN1C(=O)[C@H]1CCC(=O)O1. The minimum atomic E-state index is -0.735. The van der Waals surface area contributed by atoms with Crippen molar-refractivity contribution in [3.63, 3.8) is 0 Å². The minimum Gasteiger partial charge on any atom is -0.452 e. The van der Waals surface area contributed by atoms with Gasteiger partial charge in [-0.15, -0.1) is 11.3 Å². The fraction of sp³-hybridized carbons (Fsp3) is 0.562. The van der Waals surface area contributed by atoms with Gasteiger partial charge in [0, 0.05) is 19.4 Å². The molecule has 6 nitrogen and oxygen atoms in total. The normalized spacial score (nSPS) is 25.6. The molecular weight excluding hydrogens is 335 g/mol. The van der Waals surface area contributed by atoms with Gasteiger partial charge in [0.15, 0.2) is 6.10 Å². The van der Waals surface area contributed by atoms with Crippen LogP contribution in [0.5, 0.6) is 0 Å². The zero-order valence-electron chi connectivity index (χ0n) is 13.5. The van der Waals surface area contributed by atoms with Crippen LogP contribution in [0.2, 0.25) is 0 Å². The molecule has 2 saturated heterocycles. The fourth-order valence-electron chi connectivity index (χ4n) is 3.28. The number of cyclic esters (lactones) is 1. The molecule has 2 amide bonds. The summed E-state index contributed by atoms with van der Waals surface area (Å²) in [6.45, 7) is 4.16. The van der Waals surface area contributed by atoms with Crippen LogP contribution in [0.1, 0.15) is 42.8 Å². The zero-order chi connectivity index (χ0) is 17.5. The Labute approximate surface area is 143 Å². The van der Waals surface area contributed by atoms with Crippen LogP contribution in [0.15, 0.2) is 11.4 Å². The van der Waals surface area contributed by atoms with Crippen molar-refractivity contribution in [3.8, 4) is 0 Å². The lowest BCUT2D eigenvalue weighted by atomic mass is 9.95. The van der Waals surface area contributed by atoms with Crippen molar-refractivity contribution < 1.29 is 23.5 Å². The van der Waals surface area contributed by atoms with E-state index in [-0.39, 0.29) is 29.2 Å². The first kappa shape index (κ1) is 16.9. The Morgan fingerprint density at radius 2 is 2.17 bits per heavy atom. The number of nitrogens with one attached hydrogen (secondary N) is 1. The summed E-state index contributed by atoms with van der Waals surface area (Å²) < 4.78 is 18.6. The Morgan fingerprint density at radius 1 is 1.42 bits per heavy atom. The fourth-order valence-corrected chi connectivity index (χ4v) is 3.95. The number of ether oxygens (including phenoxy) is 1. The first-order valence-electron chi connectivity index (χ1n) is 7.85. The molecule has 0 aliphatic carbocycles. The quantitative estimate of drug-likeness (QED) is 0.839. The third kappa shape index (κ3) is 2.90. The van der Waals surface area contributed by atoms with Crippen molar-refractivity contribution in [2.75, 3.05) is 6.54 Å². The zero-order valence-corrected chi connectivity index (χ0v) is 14.3. The number of amides is 2. The van der Waals surface area contributed by atoms with Crippen molar-refractivity contribution in [2.45, 2.75) is 50.8 Å². The van der Waals surface area contributed by atoms with E-state index in [1.54, 1.807) is 4.90 Å². The van der Waals surface area contributed by atoms with E-state index in [1.807, 2.05) is 13.8 Å². The summed E-state index contributed by atoms with van der Waals surface area (Å²) in [6.07, 6.45) is 0.475. The summed E-state index contributed by atoms with van der Waals surface area (Å²) in [5.74, 6) is -1.60. The van der Waals surface area contributed by atoms with Gasteiger partial charge in [-0.3, -0.25) is 14.4 Å². The van der Waals surface area contributed by atoms with E-state index >= 15 is 0 Å². The van der Waals surface area contributed by atoms with E-state index in [9.17, 15) is 18.8 Å². The number of esters is 1. The Bertz CT molecular complexity index is 687. The predicted octanol–water partition coefficient (Wildman–Crippen LogP) is 1.70. The highest BCUT2D eigenvalue weighted by Crippen LogP contribution is 2.32. The molecule has 1 aromatic rings. The Hall–Kier alpha value is -1.96.